The van der Waals surface area contributed by atoms with E-state index in [0.29, 0.717) is 39.6 Å². The molecule has 4 nitrogen and oxygen atoms in total. The second kappa shape index (κ2) is 12.1. The van der Waals surface area contributed by atoms with Crippen LogP contribution in [0.2, 0.25) is 19.1 Å². The molecule has 0 saturated heterocycles. The van der Waals surface area contributed by atoms with Crippen molar-refractivity contribution >= 4 is 8.32 Å². The number of ether oxygens (including phenoxy) is 3. The average molecular weight is 278 g/mol. The highest BCUT2D eigenvalue weighted by Crippen LogP contribution is 2.14. The van der Waals surface area contributed by atoms with Crippen molar-refractivity contribution in [2.24, 2.45) is 0 Å². The van der Waals surface area contributed by atoms with Gasteiger partial charge in [-0.05, 0) is 19.1 Å². The smallest absolute Gasteiger partial charge is 0.186 e. The van der Waals surface area contributed by atoms with Crippen LogP contribution in [0.1, 0.15) is 19.8 Å². The molecule has 5 heteroatoms. The summed E-state index contributed by atoms with van der Waals surface area (Å²) in [5.74, 6) is 0. The SMILES string of the molecule is CCCC[Si](C)(C)OCCOCCOCCOC. The Kier molecular flexibility index (Phi) is 12.1. The van der Waals surface area contributed by atoms with Crippen LogP contribution in [0.4, 0.5) is 0 Å². The standard InChI is InChI=1S/C13H30O4Si/c1-5-6-13-18(3,4)17-12-11-16-10-9-15-8-7-14-2/h5-13H2,1-4H3. The molecule has 0 aromatic rings. The van der Waals surface area contributed by atoms with E-state index in [0.717, 1.165) is 0 Å². The van der Waals surface area contributed by atoms with E-state index in [2.05, 4.69) is 20.0 Å². The first-order chi connectivity index (χ1) is 8.62. The van der Waals surface area contributed by atoms with Crippen LogP contribution in [0.25, 0.3) is 0 Å². The largest absolute Gasteiger partial charge is 0.415 e. The third-order valence-corrected chi connectivity index (χ3v) is 5.20. The Hall–Kier alpha value is 0.0569. The number of unbranched alkanes of at least 4 members (excludes halogenated alkanes) is 1. The molecule has 0 aliphatic rings. The van der Waals surface area contributed by atoms with Gasteiger partial charge in [0.25, 0.3) is 0 Å². The predicted molar refractivity (Wildman–Crippen MR) is 76.7 cm³/mol. The van der Waals surface area contributed by atoms with Gasteiger partial charge in [0.15, 0.2) is 8.32 Å². The molecule has 0 aromatic carbocycles. The van der Waals surface area contributed by atoms with Crippen LogP contribution < -0.4 is 0 Å². The highest BCUT2D eigenvalue weighted by Gasteiger charge is 2.20. The van der Waals surface area contributed by atoms with Crippen LogP contribution in [0, 0.1) is 0 Å². The molecule has 0 aromatic heterocycles. The van der Waals surface area contributed by atoms with E-state index in [1.54, 1.807) is 7.11 Å². The van der Waals surface area contributed by atoms with Crippen molar-refractivity contribution < 1.29 is 18.6 Å². The van der Waals surface area contributed by atoms with E-state index < -0.39 is 8.32 Å². The first-order valence-electron chi connectivity index (χ1n) is 6.91. The summed E-state index contributed by atoms with van der Waals surface area (Å²) in [5.41, 5.74) is 0. The summed E-state index contributed by atoms with van der Waals surface area (Å²) in [6, 6.07) is 1.24. The average Bonchev–Trinajstić information content (AvgIpc) is 2.34. The van der Waals surface area contributed by atoms with Gasteiger partial charge in [-0.1, -0.05) is 19.8 Å². The number of hydrogen-bond acceptors (Lipinski definition) is 4. The van der Waals surface area contributed by atoms with Crippen LogP contribution in [0.15, 0.2) is 0 Å². The molecule has 0 radical (unpaired) electrons. The second-order valence-electron chi connectivity index (χ2n) is 4.93. The van der Waals surface area contributed by atoms with E-state index in [1.807, 2.05) is 0 Å². The maximum atomic E-state index is 5.93. The van der Waals surface area contributed by atoms with Gasteiger partial charge in [0.2, 0.25) is 0 Å². The first-order valence-corrected chi connectivity index (χ1v) is 10.0. The monoisotopic (exact) mass is 278 g/mol. The van der Waals surface area contributed by atoms with Crippen molar-refractivity contribution in [3.63, 3.8) is 0 Å². The normalized spacial score (nSPS) is 12.0. The molecule has 0 aliphatic heterocycles. The molecule has 0 unspecified atom stereocenters. The molecule has 0 fully saturated rings. The molecular formula is C13H30O4Si. The van der Waals surface area contributed by atoms with Gasteiger partial charge >= 0.3 is 0 Å². The number of methoxy groups -OCH3 is 1. The van der Waals surface area contributed by atoms with Gasteiger partial charge in [-0.3, -0.25) is 0 Å². The zero-order valence-electron chi connectivity index (χ0n) is 12.5. The van der Waals surface area contributed by atoms with E-state index >= 15 is 0 Å². The summed E-state index contributed by atoms with van der Waals surface area (Å²) in [6.45, 7) is 10.7. The summed E-state index contributed by atoms with van der Waals surface area (Å²) in [7, 11) is 0.230. The minimum atomic E-state index is -1.44. The van der Waals surface area contributed by atoms with Crippen LogP contribution >= 0.6 is 0 Å². The molecule has 0 spiro atoms. The molecule has 110 valence electrons. The Balaban J connectivity index is 3.23. The van der Waals surface area contributed by atoms with Crippen LogP contribution in [-0.4, -0.2) is 55.1 Å². The summed E-state index contributed by atoms with van der Waals surface area (Å²) in [4.78, 5) is 0. The van der Waals surface area contributed by atoms with Gasteiger partial charge in [-0.2, -0.15) is 0 Å². The number of rotatable bonds is 13. The Morgan fingerprint density at radius 1 is 0.833 bits per heavy atom. The molecule has 0 N–H and O–H groups in total. The molecule has 0 saturated carbocycles. The lowest BCUT2D eigenvalue weighted by Crippen LogP contribution is -2.31. The highest BCUT2D eigenvalue weighted by molar-refractivity contribution is 6.71. The summed E-state index contributed by atoms with van der Waals surface area (Å²) in [5, 5.41) is 0. The van der Waals surface area contributed by atoms with Crippen molar-refractivity contribution in [2.75, 3.05) is 46.8 Å². The lowest BCUT2D eigenvalue weighted by Gasteiger charge is -2.22. The maximum absolute atomic E-state index is 5.93. The molecule has 0 rings (SSSR count). The minimum Gasteiger partial charge on any atom is -0.415 e. The zero-order chi connectivity index (χ0) is 13.7. The van der Waals surface area contributed by atoms with Crippen molar-refractivity contribution in [1.82, 2.24) is 0 Å². The fraction of sp³-hybridized carbons (Fsp3) is 1.00. The summed E-state index contributed by atoms with van der Waals surface area (Å²) < 4.78 is 21.5. The van der Waals surface area contributed by atoms with Gasteiger partial charge in [-0.15, -0.1) is 0 Å². The second-order valence-corrected chi connectivity index (χ2v) is 9.24. The third kappa shape index (κ3) is 12.5. The fourth-order valence-electron chi connectivity index (χ4n) is 1.52. The molecule has 0 atom stereocenters. The lowest BCUT2D eigenvalue weighted by molar-refractivity contribution is 0.0173. The van der Waals surface area contributed by atoms with Gasteiger partial charge < -0.3 is 18.6 Å². The van der Waals surface area contributed by atoms with E-state index in [4.69, 9.17) is 18.6 Å². The zero-order valence-corrected chi connectivity index (χ0v) is 13.5. The quantitative estimate of drug-likeness (QED) is 0.383. The predicted octanol–water partition coefficient (Wildman–Crippen LogP) is 2.69. The van der Waals surface area contributed by atoms with Crippen molar-refractivity contribution in [3.05, 3.63) is 0 Å². The van der Waals surface area contributed by atoms with E-state index in [1.165, 1.54) is 18.9 Å². The minimum absolute atomic E-state index is 0.625. The number of hydrogen-bond donors (Lipinski definition) is 0. The topological polar surface area (TPSA) is 36.9 Å². The third-order valence-electron chi connectivity index (χ3n) is 2.66. The molecule has 18 heavy (non-hydrogen) atoms. The summed E-state index contributed by atoms with van der Waals surface area (Å²) in [6.07, 6.45) is 2.52. The van der Waals surface area contributed by atoms with E-state index in [9.17, 15) is 0 Å². The van der Waals surface area contributed by atoms with Gasteiger partial charge in [0, 0.05) is 7.11 Å². The lowest BCUT2D eigenvalue weighted by atomic mass is 10.4. The van der Waals surface area contributed by atoms with Crippen LogP contribution in [0.5, 0.6) is 0 Å². The summed E-state index contributed by atoms with van der Waals surface area (Å²) >= 11 is 0. The highest BCUT2D eigenvalue weighted by atomic mass is 28.4. The van der Waals surface area contributed by atoms with Crippen LogP contribution in [0.3, 0.4) is 0 Å². The Labute approximate surface area is 113 Å². The van der Waals surface area contributed by atoms with Gasteiger partial charge in [0.1, 0.15) is 0 Å². The first kappa shape index (κ1) is 18.1. The Bertz CT molecular complexity index is 176. The molecule has 0 amide bonds. The van der Waals surface area contributed by atoms with Crippen molar-refractivity contribution in [3.8, 4) is 0 Å². The fourth-order valence-corrected chi connectivity index (χ4v) is 3.50. The maximum Gasteiger partial charge on any atom is 0.186 e. The van der Waals surface area contributed by atoms with Crippen LogP contribution in [-0.2, 0) is 18.6 Å². The van der Waals surface area contributed by atoms with Gasteiger partial charge in [0.05, 0.1) is 39.6 Å². The molecule has 0 heterocycles. The molecular weight excluding hydrogens is 248 g/mol. The molecule has 0 bridgehead atoms. The molecule has 0 aliphatic carbocycles. The Morgan fingerprint density at radius 3 is 1.94 bits per heavy atom. The van der Waals surface area contributed by atoms with Crippen molar-refractivity contribution in [1.29, 1.82) is 0 Å². The van der Waals surface area contributed by atoms with Crippen molar-refractivity contribution in [2.45, 2.75) is 38.9 Å². The Morgan fingerprint density at radius 2 is 1.39 bits per heavy atom. The van der Waals surface area contributed by atoms with Gasteiger partial charge in [-0.25, -0.2) is 0 Å². The van der Waals surface area contributed by atoms with E-state index in [-0.39, 0.29) is 0 Å².